The molecule has 0 spiro atoms. The third kappa shape index (κ3) is 3.13. The van der Waals surface area contributed by atoms with Gasteiger partial charge in [-0.05, 0) is 48.4 Å². The Morgan fingerprint density at radius 2 is 2.22 bits per heavy atom. The lowest BCUT2D eigenvalue weighted by Gasteiger charge is -2.32. The SMILES string of the molecule is O=C(C1CCC1)N1CCOCC(Cc2ccc3[nH]ccc3c2)C1. The highest BCUT2D eigenvalue weighted by Crippen LogP contribution is 2.29. The summed E-state index contributed by atoms with van der Waals surface area (Å²) in [7, 11) is 0. The largest absolute Gasteiger partial charge is 0.379 e. The molecule has 0 radical (unpaired) electrons. The summed E-state index contributed by atoms with van der Waals surface area (Å²) in [5.74, 6) is 1.02. The second-order valence-electron chi connectivity index (χ2n) is 6.96. The van der Waals surface area contributed by atoms with Gasteiger partial charge >= 0.3 is 0 Å². The van der Waals surface area contributed by atoms with Gasteiger partial charge in [0.2, 0.25) is 5.91 Å². The molecule has 1 saturated carbocycles. The van der Waals surface area contributed by atoms with Crippen molar-refractivity contribution in [2.24, 2.45) is 11.8 Å². The number of carbonyl (C=O) groups is 1. The van der Waals surface area contributed by atoms with Crippen LogP contribution < -0.4 is 0 Å². The van der Waals surface area contributed by atoms with Crippen molar-refractivity contribution >= 4 is 16.8 Å². The maximum atomic E-state index is 12.5. The Kier molecular flexibility index (Phi) is 4.08. The van der Waals surface area contributed by atoms with Gasteiger partial charge in [0.05, 0.1) is 13.2 Å². The summed E-state index contributed by atoms with van der Waals surface area (Å²) in [6.45, 7) is 3.01. The predicted molar refractivity (Wildman–Crippen MR) is 90.2 cm³/mol. The molecule has 4 nitrogen and oxygen atoms in total. The van der Waals surface area contributed by atoms with Crippen LogP contribution in [0, 0.1) is 11.8 Å². The first-order chi connectivity index (χ1) is 11.3. The molecule has 122 valence electrons. The van der Waals surface area contributed by atoms with Crippen LogP contribution >= 0.6 is 0 Å². The molecule has 1 unspecified atom stereocenters. The monoisotopic (exact) mass is 312 g/mol. The minimum absolute atomic E-state index is 0.282. The molecule has 1 aromatic heterocycles. The lowest BCUT2D eigenvalue weighted by Crippen LogP contribution is -2.42. The van der Waals surface area contributed by atoms with Crippen LogP contribution in [0.2, 0.25) is 0 Å². The first-order valence-electron chi connectivity index (χ1n) is 8.72. The number of fused-ring (bicyclic) bond motifs is 1. The van der Waals surface area contributed by atoms with Crippen LogP contribution in [0.1, 0.15) is 24.8 Å². The van der Waals surface area contributed by atoms with Crippen molar-refractivity contribution < 1.29 is 9.53 Å². The zero-order chi connectivity index (χ0) is 15.6. The molecule has 1 N–H and O–H groups in total. The van der Waals surface area contributed by atoms with Gasteiger partial charge in [-0.15, -0.1) is 0 Å². The topological polar surface area (TPSA) is 45.3 Å². The number of amides is 1. The molecule has 2 heterocycles. The summed E-state index contributed by atoms with van der Waals surface area (Å²) >= 11 is 0. The molecule has 4 rings (SSSR count). The van der Waals surface area contributed by atoms with E-state index in [0.29, 0.717) is 18.4 Å². The van der Waals surface area contributed by atoms with Crippen LogP contribution in [0.5, 0.6) is 0 Å². The fraction of sp³-hybridized carbons (Fsp3) is 0.526. The zero-order valence-corrected chi connectivity index (χ0v) is 13.5. The van der Waals surface area contributed by atoms with E-state index in [1.54, 1.807) is 0 Å². The maximum absolute atomic E-state index is 12.5. The lowest BCUT2D eigenvalue weighted by molar-refractivity contribution is -0.138. The van der Waals surface area contributed by atoms with Gasteiger partial charge in [-0.2, -0.15) is 0 Å². The van der Waals surface area contributed by atoms with E-state index in [-0.39, 0.29) is 5.92 Å². The van der Waals surface area contributed by atoms with Gasteiger partial charge in [0.15, 0.2) is 0 Å². The summed E-state index contributed by atoms with van der Waals surface area (Å²) in [6, 6.07) is 8.67. The fourth-order valence-electron chi connectivity index (χ4n) is 3.68. The molecular formula is C19H24N2O2. The van der Waals surface area contributed by atoms with Crippen LogP contribution in [0.4, 0.5) is 0 Å². The highest BCUT2D eigenvalue weighted by molar-refractivity contribution is 5.80. The standard InChI is InChI=1S/C19H24N2O2/c22-19(16-2-1-3-16)21-8-9-23-13-15(12-21)10-14-4-5-18-17(11-14)6-7-20-18/h4-7,11,15-16,20H,1-3,8-10,12-13H2. The van der Waals surface area contributed by atoms with E-state index in [1.165, 1.54) is 22.9 Å². The number of H-pyrrole nitrogens is 1. The number of nitrogens with zero attached hydrogens (tertiary/aromatic N) is 1. The molecule has 1 aliphatic carbocycles. The van der Waals surface area contributed by atoms with Crippen molar-refractivity contribution in [3.8, 4) is 0 Å². The van der Waals surface area contributed by atoms with Crippen molar-refractivity contribution in [2.45, 2.75) is 25.7 Å². The number of hydrogen-bond acceptors (Lipinski definition) is 2. The first-order valence-corrected chi connectivity index (χ1v) is 8.72. The number of benzene rings is 1. The van der Waals surface area contributed by atoms with Crippen molar-refractivity contribution in [1.29, 1.82) is 0 Å². The smallest absolute Gasteiger partial charge is 0.225 e. The molecule has 0 bridgehead atoms. The van der Waals surface area contributed by atoms with Crippen molar-refractivity contribution in [3.63, 3.8) is 0 Å². The van der Waals surface area contributed by atoms with Crippen LogP contribution in [0.3, 0.4) is 0 Å². The highest BCUT2D eigenvalue weighted by Gasteiger charge is 2.31. The molecule has 4 heteroatoms. The molecule has 1 saturated heterocycles. The third-order valence-electron chi connectivity index (χ3n) is 5.25. The fourth-order valence-corrected chi connectivity index (χ4v) is 3.68. The van der Waals surface area contributed by atoms with Crippen molar-refractivity contribution in [3.05, 3.63) is 36.0 Å². The highest BCUT2D eigenvalue weighted by atomic mass is 16.5. The molecule has 2 fully saturated rings. The van der Waals surface area contributed by atoms with E-state index in [1.807, 2.05) is 6.20 Å². The van der Waals surface area contributed by atoms with Gasteiger partial charge in [0.25, 0.3) is 0 Å². The molecule has 1 aromatic carbocycles. The Morgan fingerprint density at radius 3 is 3.04 bits per heavy atom. The summed E-state index contributed by atoms with van der Waals surface area (Å²) in [4.78, 5) is 17.8. The minimum Gasteiger partial charge on any atom is -0.379 e. The van der Waals surface area contributed by atoms with E-state index in [2.05, 4.69) is 34.1 Å². The first kappa shape index (κ1) is 14.8. The molecule has 2 aromatic rings. The van der Waals surface area contributed by atoms with Crippen molar-refractivity contribution in [2.75, 3.05) is 26.3 Å². The Hall–Kier alpha value is -1.81. The maximum Gasteiger partial charge on any atom is 0.225 e. The van der Waals surface area contributed by atoms with E-state index in [0.717, 1.165) is 39.0 Å². The van der Waals surface area contributed by atoms with Crippen LogP contribution in [0.25, 0.3) is 10.9 Å². The van der Waals surface area contributed by atoms with E-state index >= 15 is 0 Å². The van der Waals surface area contributed by atoms with E-state index < -0.39 is 0 Å². The summed E-state index contributed by atoms with van der Waals surface area (Å²) in [5.41, 5.74) is 2.50. The van der Waals surface area contributed by atoms with Crippen LogP contribution in [0.15, 0.2) is 30.5 Å². The average molecular weight is 312 g/mol. The minimum atomic E-state index is 0.282. The Bertz CT molecular complexity index is 689. The van der Waals surface area contributed by atoms with E-state index in [9.17, 15) is 4.79 Å². The molecule has 1 atom stereocenters. The Morgan fingerprint density at radius 1 is 1.30 bits per heavy atom. The van der Waals surface area contributed by atoms with Gasteiger partial charge in [-0.25, -0.2) is 0 Å². The Labute approximate surface area is 136 Å². The molecular weight excluding hydrogens is 288 g/mol. The van der Waals surface area contributed by atoms with Gasteiger partial charge in [0.1, 0.15) is 0 Å². The van der Waals surface area contributed by atoms with Gasteiger partial charge < -0.3 is 14.6 Å². The molecule has 1 aliphatic heterocycles. The number of aromatic nitrogens is 1. The molecule has 23 heavy (non-hydrogen) atoms. The number of hydrogen-bond donors (Lipinski definition) is 1. The number of carbonyl (C=O) groups excluding carboxylic acids is 1. The summed E-state index contributed by atoms with van der Waals surface area (Å²) in [6.07, 6.45) is 6.30. The number of aromatic amines is 1. The molecule has 2 aliphatic rings. The van der Waals surface area contributed by atoms with Gasteiger partial charge in [-0.3, -0.25) is 4.79 Å². The van der Waals surface area contributed by atoms with Crippen LogP contribution in [-0.2, 0) is 16.0 Å². The number of ether oxygens (including phenoxy) is 1. The normalized spacial score (nSPS) is 22.8. The summed E-state index contributed by atoms with van der Waals surface area (Å²) in [5, 5.41) is 1.25. The second kappa shape index (κ2) is 6.36. The van der Waals surface area contributed by atoms with Gasteiger partial charge in [-0.1, -0.05) is 12.5 Å². The second-order valence-corrected chi connectivity index (χ2v) is 6.96. The zero-order valence-electron chi connectivity index (χ0n) is 13.5. The summed E-state index contributed by atoms with van der Waals surface area (Å²) < 4.78 is 5.76. The number of nitrogens with one attached hydrogen (secondary N) is 1. The average Bonchev–Trinajstić information content (AvgIpc) is 2.83. The quantitative estimate of drug-likeness (QED) is 0.947. The van der Waals surface area contributed by atoms with Gasteiger partial charge in [0, 0.05) is 36.6 Å². The van der Waals surface area contributed by atoms with Crippen LogP contribution in [-0.4, -0.2) is 42.1 Å². The van der Waals surface area contributed by atoms with Crippen molar-refractivity contribution in [1.82, 2.24) is 9.88 Å². The lowest BCUT2D eigenvalue weighted by atomic mass is 9.84. The van der Waals surface area contributed by atoms with E-state index in [4.69, 9.17) is 4.74 Å². The third-order valence-corrected chi connectivity index (χ3v) is 5.25. The molecule has 1 amide bonds. The Balaban J connectivity index is 1.45. The number of rotatable bonds is 3. The predicted octanol–water partition coefficient (Wildman–Crippen LogP) is 2.99.